The summed E-state index contributed by atoms with van der Waals surface area (Å²) in [6.45, 7) is 0. The third kappa shape index (κ3) is 4.52. The van der Waals surface area contributed by atoms with E-state index in [2.05, 4.69) is 71.7 Å². The van der Waals surface area contributed by atoms with Gasteiger partial charge >= 0.3 is 0 Å². The minimum atomic E-state index is 0.648. The summed E-state index contributed by atoms with van der Waals surface area (Å²) in [6.07, 6.45) is 3.68. The molecule has 0 aliphatic heterocycles. The molecule has 0 aliphatic rings. The van der Waals surface area contributed by atoms with Crippen molar-refractivity contribution in [3.8, 4) is 56.4 Å². The van der Waals surface area contributed by atoms with Gasteiger partial charge in [-0.3, -0.25) is 4.98 Å². The quantitative estimate of drug-likeness (QED) is 0.231. The van der Waals surface area contributed by atoms with Gasteiger partial charge in [-0.2, -0.15) is 0 Å². The Labute approximate surface area is 232 Å². The lowest BCUT2D eigenvalue weighted by Crippen LogP contribution is -2.01. The molecule has 0 saturated carbocycles. The second kappa shape index (κ2) is 10.4. The molecule has 0 spiro atoms. The Bertz CT molecular complexity index is 1860. The molecular weight excluding hydrogens is 488 g/mol. The maximum atomic E-state index is 5.07. The van der Waals surface area contributed by atoms with Crippen LogP contribution in [0.4, 0.5) is 0 Å². The van der Waals surface area contributed by atoms with E-state index in [0.717, 1.165) is 49.7 Å². The van der Waals surface area contributed by atoms with Crippen molar-refractivity contribution in [3.05, 3.63) is 146 Å². The summed E-state index contributed by atoms with van der Waals surface area (Å²) >= 11 is 0. The monoisotopic (exact) mass is 512 g/mol. The predicted octanol–water partition coefficient (Wildman–Crippen LogP) is 8.75. The highest BCUT2D eigenvalue weighted by Gasteiger charge is 2.18. The minimum absolute atomic E-state index is 0.648. The number of hydrogen-bond donors (Lipinski definition) is 0. The number of aromatic nitrogens is 4. The number of nitrogens with zero attached hydrogens (tertiary/aromatic N) is 4. The Balaban J connectivity index is 1.46. The molecule has 5 aromatic carbocycles. The smallest absolute Gasteiger partial charge is 0.165 e. The van der Waals surface area contributed by atoms with Gasteiger partial charge in [0.1, 0.15) is 0 Å². The first-order valence-electron chi connectivity index (χ1n) is 13.2. The summed E-state index contributed by atoms with van der Waals surface area (Å²) < 4.78 is 0. The molecule has 0 radical (unpaired) electrons. The van der Waals surface area contributed by atoms with Crippen LogP contribution in [-0.2, 0) is 0 Å². The van der Waals surface area contributed by atoms with Crippen LogP contribution in [0.1, 0.15) is 0 Å². The molecule has 7 aromatic rings. The van der Waals surface area contributed by atoms with Crippen LogP contribution in [0.2, 0.25) is 0 Å². The highest BCUT2D eigenvalue weighted by molar-refractivity contribution is 6.03. The van der Waals surface area contributed by atoms with Crippen molar-refractivity contribution in [1.29, 1.82) is 0 Å². The van der Waals surface area contributed by atoms with Gasteiger partial charge in [0.25, 0.3) is 0 Å². The van der Waals surface area contributed by atoms with Crippen LogP contribution in [0.3, 0.4) is 0 Å². The lowest BCUT2D eigenvalue weighted by atomic mass is 9.92. The third-order valence-corrected chi connectivity index (χ3v) is 7.04. The van der Waals surface area contributed by atoms with Crippen molar-refractivity contribution in [2.24, 2.45) is 0 Å². The third-order valence-electron chi connectivity index (χ3n) is 7.04. The second-order valence-corrected chi connectivity index (χ2v) is 9.57. The van der Waals surface area contributed by atoms with Gasteiger partial charge in [-0.15, -0.1) is 0 Å². The van der Waals surface area contributed by atoms with Gasteiger partial charge in [0.15, 0.2) is 17.5 Å². The van der Waals surface area contributed by atoms with Crippen molar-refractivity contribution in [2.45, 2.75) is 0 Å². The average molecular weight is 513 g/mol. The predicted molar refractivity (Wildman–Crippen MR) is 162 cm³/mol. The van der Waals surface area contributed by atoms with E-state index in [-0.39, 0.29) is 0 Å². The zero-order valence-electron chi connectivity index (χ0n) is 21.6. The molecule has 0 unspecified atom stereocenters. The van der Waals surface area contributed by atoms with Crippen LogP contribution < -0.4 is 0 Å². The second-order valence-electron chi connectivity index (χ2n) is 9.57. The standard InChI is InChI=1S/C36H24N4/c1-3-11-28(12-4-1)34-38-35(29-13-5-2-6-14-29)40-36(39-34)33-31-16-8-7-10-26(31)21-22-32(33)27-19-17-25(18-20-27)30-15-9-23-37-24-30/h1-24H. The molecule has 188 valence electrons. The average Bonchev–Trinajstić information content (AvgIpc) is 3.05. The van der Waals surface area contributed by atoms with E-state index in [1.54, 1.807) is 6.20 Å². The summed E-state index contributed by atoms with van der Waals surface area (Å²) in [5.41, 5.74) is 7.26. The summed E-state index contributed by atoms with van der Waals surface area (Å²) in [6, 6.07) is 45.6. The lowest BCUT2D eigenvalue weighted by Gasteiger charge is -2.15. The fraction of sp³-hybridized carbons (Fsp3) is 0. The van der Waals surface area contributed by atoms with Crippen LogP contribution >= 0.6 is 0 Å². The topological polar surface area (TPSA) is 51.6 Å². The first-order valence-corrected chi connectivity index (χ1v) is 13.2. The van der Waals surface area contributed by atoms with E-state index in [1.807, 2.05) is 72.9 Å². The molecule has 0 saturated heterocycles. The van der Waals surface area contributed by atoms with E-state index in [4.69, 9.17) is 15.0 Å². The molecule has 0 amide bonds. The summed E-state index contributed by atoms with van der Waals surface area (Å²) in [5.74, 6) is 1.95. The van der Waals surface area contributed by atoms with Crippen molar-refractivity contribution in [3.63, 3.8) is 0 Å². The van der Waals surface area contributed by atoms with Gasteiger partial charge in [0.2, 0.25) is 0 Å². The normalized spacial score (nSPS) is 11.0. The van der Waals surface area contributed by atoms with E-state index in [9.17, 15) is 0 Å². The number of benzene rings is 5. The van der Waals surface area contributed by atoms with E-state index in [1.165, 1.54) is 0 Å². The summed E-state index contributed by atoms with van der Waals surface area (Å²) in [4.78, 5) is 19.3. The first-order chi connectivity index (χ1) is 19.8. The lowest BCUT2D eigenvalue weighted by molar-refractivity contribution is 1.08. The number of pyridine rings is 1. The zero-order valence-corrected chi connectivity index (χ0v) is 21.6. The minimum Gasteiger partial charge on any atom is -0.264 e. The van der Waals surface area contributed by atoms with Crippen molar-refractivity contribution in [2.75, 3.05) is 0 Å². The largest absolute Gasteiger partial charge is 0.264 e. The summed E-state index contributed by atoms with van der Waals surface area (Å²) in [7, 11) is 0. The van der Waals surface area contributed by atoms with Crippen molar-refractivity contribution >= 4 is 10.8 Å². The van der Waals surface area contributed by atoms with Gasteiger partial charge in [-0.05, 0) is 39.1 Å². The van der Waals surface area contributed by atoms with Gasteiger partial charge in [-0.25, -0.2) is 15.0 Å². The molecule has 2 heterocycles. The van der Waals surface area contributed by atoms with E-state index < -0.39 is 0 Å². The first kappa shape index (κ1) is 23.6. The maximum absolute atomic E-state index is 5.07. The fourth-order valence-electron chi connectivity index (χ4n) is 5.05. The molecule has 0 bridgehead atoms. The van der Waals surface area contributed by atoms with E-state index in [0.29, 0.717) is 17.5 Å². The number of hydrogen-bond acceptors (Lipinski definition) is 4. The van der Waals surface area contributed by atoms with E-state index >= 15 is 0 Å². The molecule has 0 fully saturated rings. The highest BCUT2D eigenvalue weighted by atomic mass is 15.0. The van der Waals surface area contributed by atoms with Crippen LogP contribution in [0, 0.1) is 0 Å². The zero-order chi connectivity index (χ0) is 26.7. The molecule has 4 heteroatoms. The molecule has 2 aromatic heterocycles. The van der Waals surface area contributed by atoms with Crippen molar-refractivity contribution < 1.29 is 0 Å². The molecular formula is C36H24N4. The molecule has 0 aliphatic carbocycles. The van der Waals surface area contributed by atoms with Gasteiger partial charge in [0, 0.05) is 29.1 Å². The van der Waals surface area contributed by atoms with Crippen LogP contribution in [0.5, 0.6) is 0 Å². The van der Waals surface area contributed by atoms with Gasteiger partial charge in [-0.1, -0.05) is 127 Å². The Morgan fingerprint density at radius 1 is 0.375 bits per heavy atom. The van der Waals surface area contributed by atoms with Gasteiger partial charge in [0.05, 0.1) is 0 Å². The molecule has 0 N–H and O–H groups in total. The molecule has 7 rings (SSSR count). The number of fused-ring (bicyclic) bond motifs is 1. The molecule has 4 nitrogen and oxygen atoms in total. The SMILES string of the molecule is c1ccc(-c2nc(-c3ccccc3)nc(-c3c(-c4ccc(-c5cccnc5)cc4)ccc4ccccc34)n2)cc1. The molecule has 0 atom stereocenters. The Hall–Kier alpha value is -5.48. The highest BCUT2D eigenvalue weighted by Crippen LogP contribution is 2.38. The Morgan fingerprint density at radius 3 is 1.60 bits per heavy atom. The van der Waals surface area contributed by atoms with Gasteiger partial charge < -0.3 is 0 Å². The van der Waals surface area contributed by atoms with Crippen molar-refractivity contribution in [1.82, 2.24) is 19.9 Å². The molecule has 40 heavy (non-hydrogen) atoms. The van der Waals surface area contributed by atoms with Crippen LogP contribution in [-0.4, -0.2) is 19.9 Å². The number of rotatable bonds is 5. The van der Waals surface area contributed by atoms with Crippen LogP contribution in [0.25, 0.3) is 67.2 Å². The Morgan fingerprint density at radius 2 is 0.950 bits per heavy atom. The fourth-order valence-corrected chi connectivity index (χ4v) is 5.05. The van der Waals surface area contributed by atoms with Crippen LogP contribution in [0.15, 0.2) is 146 Å². The maximum Gasteiger partial charge on any atom is 0.165 e. The summed E-state index contributed by atoms with van der Waals surface area (Å²) in [5, 5.41) is 2.23. The Kier molecular flexibility index (Phi) is 6.11.